The number of hydrogen-bond donors (Lipinski definition) is 2. The van der Waals surface area contributed by atoms with E-state index in [-0.39, 0.29) is 17.9 Å². The maximum Gasteiger partial charge on any atom is 0.251 e. The summed E-state index contributed by atoms with van der Waals surface area (Å²) < 4.78 is 0. The van der Waals surface area contributed by atoms with Gasteiger partial charge in [0.1, 0.15) is 6.04 Å². The molecule has 0 aliphatic heterocycles. The van der Waals surface area contributed by atoms with Crippen LogP contribution in [0.1, 0.15) is 35.8 Å². The quantitative estimate of drug-likeness (QED) is 0.887. The SMILES string of the molecule is CC(NC(=O)c1ccccc1)C(=O)NC(C)c1ccncc1. The molecule has 0 saturated heterocycles. The average Bonchev–Trinajstić information content (AvgIpc) is 2.56. The molecule has 2 atom stereocenters. The van der Waals surface area contributed by atoms with Gasteiger partial charge in [-0.3, -0.25) is 14.6 Å². The Balaban J connectivity index is 1.91. The second-order valence-corrected chi connectivity index (χ2v) is 5.07. The molecule has 0 radical (unpaired) electrons. The van der Waals surface area contributed by atoms with Crippen molar-refractivity contribution in [2.24, 2.45) is 0 Å². The first-order chi connectivity index (χ1) is 10.6. The zero-order chi connectivity index (χ0) is 15.9. The summed E-state index contributed by atoms with van der Waals surface area (Å²) in [5.41, 5.74) is 1.49. The highest BCUT2D eigenvalue weighted by atomic mass is 16.2. The lowest BCUT2D eigenvalue weighted by atomic mass is 10.1. The Morgan fingerprint density at radius 2 is 1.59 bits per heavy atom. The fraction of sp³-hybridized carbons (Fsp3) is 0.235. The van der Waals surface area contributed by atoms with Crippen LogP contribution in [0.3, 0.4) is 0 Å². The van der Waals surface area contributed by atoms with E-state index in [4.69, 9.17) is 0 Å². The van der Waals surface area contributed by atoms with Crippen LogP contribution >= 0.6 is 0 Å². The van der Waals surface area contributed by atoms with Gasteiger partial charge in [-0.1, -0.05) is 18.2 Å². The largest absolute Gasteiger partial charge is 0.348 e. The predicted octanol–water partition coefficient (Wildman–Crippen LogP) is 2.08. The number of rotatable bonds is 5. The van der Waals surface area contributed by atoms with Crippen molar-refractivity contribution in [3.8, 4) is 0 Å². The molecule has 1 aromatic carbocycles. The van der Waals surface area contributed by atoms with Gasteiger partial charge in [-0.05, 0) is 43.7 Å². The van der Waals surface area contributed by atoms with E-state index in [2.05, 4.69) is 15.6 Å². The van der Waals surface area contributed by atoms with Crippen LogP contribution in [0, 0.1) is 0 Å². The molecule has 2 unspecified atom stereocenters. The zero-order valence-corrected chi connectivity index (χ0v) is 12.6. The van der Waals surface area contributed by atoms with Crippen molar-refractivity contribution in [2.75, 3.05) is 0 Å². The third-order valence-electron chi connectivity index (χ3n) is 3.34. The first-order valence-electron chi connectivity index (χ1n) is 7.14. The summed E-state index contributed by atoms with van der Waals surface area (Å²) in [5, 5.41) is 5.56. The first kappa shape index (κ1) is 15.7. The van der Waals surface area contributed by atoms with Crippen LogP contribution in [-0.2, 0) is 4.79 Å². The van der Waals surface area contributed by atoms with Gasteiger partial charge in [0.2, 0.25) is 5.91 Å². The Labute approximate surface area is 129 Å². The Kier molecular flexibility index (Phi) is 5.25. The number of nitrogens with zero attached hydrogens (tertiary/aromatic N) is 1. The summed E-state index contributed by atoms with van der Waals surface area (Å²) >= 11 is 0. The lowest BCUT2D eigenvalue weighted by Gasteiger charge is -2.18. The van der Waals surface area contributed by atoms with Gasteiger partial charge in [0, 0.05) is 18.0 Å². The van der Waals surface area contributed by atoms with E-state index in [9.17, 15) is 9.59 Å². The summed E-state index contributed by atoms with van der Waals surface area (Å²) in [6.07, 6.45) is 3.36. The van der Waals surface area contributed by atoms with Gasteiger partial charge < -0.3 is 10.6 Å². The highest BCUT2D eigenvalue weighted by Crippen LogP contribution is 2.10. The second kappa shape index (κ2) is 7.36. The fourth-order valence-corrected chi connectivity index (χ4v) is 2.01. The van der Waals surface area contributed by atoms with Crippen molar-refractivity contribution >= 4 is 11.8 Å². The van der Waals surface area contributed by atoms with Crippen LogP contribution in [-0.4, -0.2) is 22.8 Å². The average molecular weight is 297 g/mol. The number of carbonyl (C=O) groups excluding carboxylic acids is 2. The molecule has 0 aliphatic carbocycles. The fourth-order valence-electron chi connectivity index (χ4n) is 2.01. The molecule has 0 saturated carbocycles. The van der Waals surface area contributed by atoms with Gasteiger partial charge >= 0.3 is 0 Å². The lowest BCUT2D eigenvalue weighted by molar-refractivity contribution is -0.123. The number of aromatic nitrogens is 1. The van der Waals surface area contributed by atoms with Crippen molar-refractivity contribution in [2.45, 2.75) is 25.9 Å². The maximum absolute atomic E-state index is 12.2. The zero-order valence-electron chi connectivity index (χ0n) is 12.6. The van der Waals surface area contributed by atoms with Crippen LogP contribution in [0.2, 0.25) is 0 Å². The normalized spacial score (nSPS) is 13.0. The van der Waals surface area contributed by atoms with Gasteiger partial charge in [-0.25, -0.2) is 0 Å². The number of nitrogens with one attached hydrogen (secondary N) is 2. The number of pyridine rings is 1. The summed E-state index contributed by atoms with van der Waals surface area (Å²) in [6.45, 7) is 3.55. The van der Waals surface area contributed by atoms with E-state index in [0.717, 1.165) is 5.56 Å². The second-order valence-electron chi connectivity index (χ2n) is 5.07. The number of carbonyl (C=O) groups is 2. The molecule has 0 aliphatic rings. The smallest absolute Gasteiger partial charge is 0.251 e. The lowest BCUT2D eigenvalue weighted by Crippen LogP contribution is -2.45. The molecule has 1 aromatic heterocycles. The summed E-state index contributed by atoms with van der Waals surface area (Å²) in [6, 6.07) is 11.7. The Hall–Kier alpha value is -2.69. The molecular formula is C17H19N3O2. The molecule has 2 aromatic rings. The van der Waals surface area contributed by atoms with Crippen molar-refractivity contribution in [1.29, 1.82) is 0 Å². The third kappa shape index (κ3) is 4.15. The van der Waals surface area contributed by atoms with Gasteiger partial charge in [0.05, 0.1) is 6.04 Å². The molecule has 1 heterocycles. The van der Waals surface area contributed by atoms with Crippen LogP contribution in [0.5, 0.6) is 0 Å². The van der Waals surface area contributed by atoms with Crippen LogP contribution < -0.4 is 10.6 Å². The Morgan fingerprint density at radius 3 is 2.23 bits per heavy atom. The van der Waals surface area contributed by atoms with Gasteiger partial charge in [-0.15, -0.1) is 0 Å². The van der Waals surface area contributed by atoms with Crippen molar-refractivity contribution in [1.82, 2.24) is 15.6 Å². The molecule has 0 spiro atoms. The maximum atomic E-state index is 12.2. The summed E-state index contributed by atoms with van der Waals surface area (Å²) in [7, 11) is 0. The molecular weight excluding hydrogens is 278 g/mol. The molecule has 5 heteroatoms. The molecule has 114 valence electrons. The first-order valence-corrected chi connectivity index (χ1v) is 7.14. The summed E-state index contributed by atoms with van der Waals surface area (Å²) in [4.78, 5) is 28.1. The third-order valence-corrected chi connectivity index (χ3v) is 3.34. The topological polar surface area (TPSA) is 71.1 Å². The monoisotopic (exact) mass is 297 g/mol. The molecule has 2 rings (SSSR count). The minimum absolute atomic E-state index is 0.147. The van der Waals surface area contributed by atoms with E-state index in [1.54, 1.807) is 43.6 Å². The standard InChI is InChI=1S/C17H19N3O2/c1-12(14-8-10-18-11-9-14)19-16(21)13(2)20-17(22)15-6-4-3-5-7-15/h3-13H,1-2H3,(H,19,21)(H,20,22). The molecule has 2 amide bonds. The minimum atomic E-state index is -0.614. The van der Waals surface area contributed by atoms with Gasteiger partial charge in [-0.2, -0.15) is 0 Å². The summed E-state index contributed by atoms with van der Waals surface area (Å²) in [5.74, 6) is -0.492. The highest BCUT2D eigenvalue weighted by molar-refractivity contribution is 5.97. The minimum Gasteiger partial charge on any atom is -0.348 e. The van der Waals surface area contributed by atoms with Crippen molar-refractivity contribution in [3.05, 3.63) is 66.0 Å². The molecule has 22 heavy (non-hydrogen) atoms. The van der Waals surface area contributed by atoms with Crippen LogP contribution in [0.4, 0.5) is 0 Å². The number of benzene rings is 1. The van der Waals surface area contributed by atoms with E-state index in [0.29, 0.717) is 5.56 Å². The molecule has 5 nitrogen and oxygen atoms in total. The van der Waals surface area contributed by atoms with Crippen LogP contribution in [0.25, 0.3) is 0 Å². The van der Waals surface area contributed by atoms with Crippen molar-refractivity contribution < 1.29 is 9.59 Å². The van der Waals surface area contributed by atoms with E-state index >= 15 is 0 Å². The molecule has 0 fully saturated rings. The van der Waals surface area contributed by atoms with Crippen molar-refractivity contribution in [3.63, 3.8) is 0 Å². The van der Waals surface area contributed by atoms with E-state index < -0.39 is 6.04 Å². The highest BCUT2D eigenvalue weighted by Gasteiger charge is 2.18. The van der Waals surface area contributed by atoms with E-state index in [1.807, 2.05) is 25.1 Å². The molecule has 0 bridgehead atoms. The number of hydrogen-bond acceptors (Lipinski definition) is 3. The predicted molar refractivity (Wildman–Crippen MR) is 84.2 cm³/mol. The van der Waals surface area contributed by atoms with Crippen LogP contribution in [0.15, 0.2) is 54.9 Å². The number of amides is 2. The Bertz CT molecular complexity index is 629. The van der Waals surface area contributed by atoms with E-state index in [1.165, 1.54) is 0 Å². The van der Waals surface area contributed by atoms with Gasteiger partial charge in [0.15, 0.2) is 0 Å². The Morgan fingerprint density at radius 1 is 0.955 bits per heavy atom. The van der Waals surface area contributed by atoms with Gasteiger partial charge in [0.25, 0.3) is 5.91 Å². The molecule has 2 N–H and O–H groups in total.